The van der Waals surface area contributed by atoms with Gasteiger partial charge in [-0.1, -0.05) is 60.7 Å². The fourth-order valence-electron chi connectivity index (χ4n) is 4.76. The number of aromatic nitrogens is 3. The Morgan fingerprint density at radius 3 is 2.55 bits per heavy atom. The molecule has 5 heterocycles. The van der Waals surface area contributed by atoms with E-state index < -0.39 is 0 Å². The molecule has 0 fully saturated rings. The Morgan fingerprint density at radius 2 is 1.74 bits per heavy atom. The summed E-state index contributed by atoms with van der Waals surface area (Å²) in [4.78, 5) is 3.52. The van der Waals surface area contributed by atoms with Gasteiger partial charge >= 0.3 is 0 Å². The number of thiophene rings is 1. The summed E-state index contributed by atoms with van der Waals surface area (Å²) in [5, 5.41) is 14.8. The van der Waals surface area contributed by atoms with Crippen LogP contribution in [0.1, 0.15) is 43.8 Å². The molecule has 0 radical (unpaired) electrons. The van der Waals surface area contributed by atoms with Crippen molar-refractivity contribution in [3.63, 3.8) is 0 Å². The van der Waals surface area contributed by atoms with Crippen LogP contribution in [0.5, 0.6) is 0 Å². The zero-order chi connectivity index (χ0) is 20.4. The first-order valence-electron chi connectivity index (χ1n) is 10.3. The maximum absolute atomic E-state index is 4.36. The molecule has 31 heavy (non-hydrogen) atoms. The SMILES string of the molecule is C1=NNC2c3c(sc4c3C[C@H](c3ccccc3)S[C@H]4c3ccccc3)-n3cnnc3N12. The molecule has 0 saturated carbocycles. The van der Waals surface area contributed by atoms with E-state index in [2.05, 4.69) is 103 Å². The van der Waals surface area contributed by atoms with E-state index in [1.54, 1.807) is 0 Å². The normalized spacial score (nSPS) is 23.0. The van der Waals surface area contributed by atoms with Crippen molar-refractivity contribution in [3.8, 4) is 5.00 Å². The van der Waals surface area contributed by atoms with Gasteiger partial charge in [-0.2, -0.15) is 5.10 Å². The molecular weight excluding hydrogens is 424 g/mol. The molecule has 4 aromatic rings. The number of nitrogens with zero attached hydrogens (tertiary/aromatic N) is 5. The lowest BCUT2D eigenvalue weighted by Crippen LogP contribution is -2.35. The van der Waals surface area contributed by atoms with E-state index in [9.17, 15) is 0 Å². The molecule has 152 valence electrons. The minimum Gasteiger partial charge on any atom is -0.281 e. The van der Waals surface area contributed by atoms with E-state index in [1.807, 2.05) is 24.0 Å². The lowest BCUT2D eigenvalue weighted by atomic mass is 9.95. The average Bonchev–Trinajstić information content (AvgIpc) is 3.56. The Hall–Kier alpha value is -3.10. The van der Waals surface area contributed by atoms with Gasteiger partial charge in [0.1, 0.15) is 17.7 Å². The van der Waals surface area contributed by atoms with Gasteiger partial charge in [0.25, 0.3) is 0 Å². The first kappa shape index (κ1) is 17.6. The quantitative estimate of drug-likeness (QED) is 0.483. The largest absolute Gasteiger partial charge is 0.281 e. The molecule has 0 saturated heterocycles. The van der Waals surface area contributed by atoms with Crippen molar-refractivity contribution >= 4 is 35.4 Å². The molecule has 3 aliphatic heterocycles. The molecule has 0 aliphatic carbocycles. The highest BCUT2D eigenvalue weighted by molar-refractivity contribution is 8.00. The van der Waals surface area contributed by atoms with Crippen LogP contribution in [0.2, 0.25) is 0 Å². The Labute approximate surface area is 187 Å². The molecule has 2 aromatic carbocycles. The van der Waals surface area contributed by atoms with Gasteiger partial charge in [0, 0.05) is 15.7 Å². The van der Waals surface area contributed by atoms with Crippen LogP contribution in [-0.2, 0) is 6.42 Å². The van der Waals surface area contributed by atoms with Crippen molar-refractivity contribution < 1.29 is 0 Å². The third kappa shape index (κ3) is 2.55. The summed E-state index contributed by atoms with van der Waals surface area (Å²) >= 11 is 3.93. The molecule has 7 rings (SSSR count). The predicted octanol–water partition coefficient (Wildman–Crippen LogP) is 4.81. The van der Waals surface area contributed by atoms with E-state index in [-0.39, 0.29) is 6.17 Å². The summed E-state index contributed by atoms with van der Waals surface area (Å²) in [5.74, 6) is 0.813. The molecule has 1 N–H and O–H groups in total. The number of thioether (sulfide) groups is 1. The second-order valence-electron chi connectivity index (χ2n) is 7.88. The van der Waals surface area contributed by atoms with Crippen molar-refractivity contribution in [2.75, 3.05) is 4.90 Å². The summed E-state index contributed by atoms with van der Waals surface area (Å²) in [6.07, 6.45) is 4.61. The molecule has 0 amide bonds. The zero-order valence-electron chi connectivity index (χ0n) is 16.4. The van der Waals surface area contributed by atoms with Gasteiger partial charge in [-0.05, 0) is 23.1 Å². The van der Waals surface area contributed by atoms with Crippen LogP contribution < -0.4 is 10.3 Å². The lowest BCUT2D eigenvalue weighted by Gasteiger charge is -2.33. The van der Waals surface area contributed by atoms with E-state index in [0.29, 0.717) is 10.5 Å². The van der Waals surface area contributed by atoms with Gasteiger partial charge in [0.15, 0.2) is 6.17 Å². The number of hydrazone groups is 1. The first-order chi connectivity index (χ1) is 15.4. The number of rotatable bonds is 2. The minimum atomic E-state index is -0.0253. The summed E-state index contributed by atoms with van der Waals surface area (Å²) in [6.45, 7) is 0. The highest BCUT2D eigenvalue weighted by Gasteiger charge is 2.43. The van der Waals surface area contributed by atoms with Crippen molar-refractivity contribution in [2.45, 2.75) is 23.1 Å². The summed E-state index contributed by atoms with van der Waals surface area (Å²) in [7, 11) is 0. The fraction of sp³-hybridized carbons (Fsp3) is 0.174. The fourth-order valence-corrected chi connectivity index (χ4v) is 7.90. The molecule has 6 nitrogen and oxygen atoms in total. The summed E-state index contributed by atoms with van der Waals surface area (Å²) < 4.78 is 2.11. The highest BCUT2D eigenvalue weighted by atomic mass is 32.2. The lowest BCUT2D eigenvalue weighted by molar-refractivity contribution is 0.586. The molecule has 0 spiro atoms. The Balaban J connectivity index is 1.45. The highest BCUT2D eigenvalue weighted by Crippen LogP contribution is 2.57. The van der Waals surface area contributed by atoms with Crippen LogP contribution in [0.3, 0.4) is 0 Å². The van der Waals surface area contributed by atoms with E-state index in [1.165, 1.54) is 32.1 Å². The third-order valence-electron chi connectivity index (χ3n) is 6.17. The number of anilines is 1. The van der Waals surface area contributed by atoms with Gasteiger partial charge in [-0.25, -0.2) is 0 Å². The van der Waals surface area contributed by atoms with Gasteiger partial charge in [0.2, 0.25) is 5.95 Å². The zero-order valence-corrected chi connectivity index (χ0v) is 18.1. The Kier molecular flexibility index (Phi) is 3.80. The van der Waals surface area contributed by atoms with E-state index in [0.717, 1.165) is 12.4 Å². The molecule has 0 bridgehead atoms. The van der Waals surface area contributed by atoms with Crippen LogP contribution in [0, 0.1) is 0 Å². The van der Waals surface area contributed by atoms with Crippen LogP contribution >= 0.6 is 23.1 Å². The second kappa shape index (κ2) is 6.70. The number of nitrogens with one attached hydrogen (secondary N) is 1. The number of fused-ring (bicyclic) bond motifs is 8. The molecule has 2 aromatic heterocycles. The summed E-state index contributed by atoms with van der Waals surface area (Å²) in [6, 6.07) is 21.8. The first-order valence-corrected chi connectivity index (χ1v) is 12.0. The van der Waals surface area contributed by atoms with E-state index in [4.69, 9.17) is 0 Å². The van der Waals surface area contributed by atoms with Crippen LogP contribution in [-0.4, -0.2) is 21.1 Å². The third-order valence-corrected chi connectivity index (χ3v) is 9.18. The Morgan fingerprint density at radius 1 is 0.968 bits per heavy atom. The number of benzene rings is 2. The van der Waals surface area contributed by atoms with Crippen molar-refractivity contribution in [2.24, 2.45) is 5.10 Å². The Bertz CT molecular complexity index is 1300. The van der Waals surface area contributed by atoms with Gasteiger partial charge < -0.3 is 0 Å². The predicted molar refractivity (Wildman–Crippen MR) is 125 cm³/mol. The van der Waals surface area contributed by atoms with Crippen LogP contribution in [0.4, 0.5) is 5.95 Å². The maximum atomic E-state index is 4.36. The topological polar surface area (TPSA) is 58.3 Å². The monoisotopic (exact) mass is 442 g/mol. The van der Waals surface area contributed by atoms with Gasteiger partial charge in [0.05, 0.1) is 5.25 Å². The smallest absolute Gasteiger partial charge is 0.239 e. The van der Waals surface area contributed by atoms with Crippen molar-refractivity contribution in [1.29, 1.82) is 0 Å². The molecule has 3 atom stereocenters. The number of hydrogen-bond acceptors (Lipinski definition) is 7. The maximum Gasteiger partial charge on any atom is 0.239 e. The average molecular weight is 443 g/mol. The van der Waals surface area contributed by atoms with Crippen molar-refractivity contribution in [1.82, 2.24) is 20.2 Å². The van der Waals surface area contributed by atoms with Crippen LogP contribution in [0.25, 0.3) is 5.00 Å². The van der Waals surface area contributed by atoms with E-state index >= 15 is 0 Å². The second-order valence-corrected chi connectivity index (χ2v) is 10.2. The summed E-state index contributed by atoms with van der Waals surface area (Å²) in [5.41, 5.74) is 8.79. The van der Waals surface area contributed by atoms with Crippen LogP contribution in [0.15, 0.2) is 72.1 Å². The van der Waals surface area contributed by atoms with Crippen molar-refractivity contribution in [3.05, 3.63) is 94.1 Å². The molecule has 8 heteroatoms. The standard InChI is InChI=1S/C23H18N6S2/c1-3-7-14(8-4-1)17-11-16-18-21-26-24-12-28(21)23-27-25-13-29(23)22(18)31-20(16)19(30-17)15-9-5-2-6-10-15/h1-10,12-13,17,19,21,26H,11H2/t17-,19+,21?/m1/s1. The number of hydrogen-bond donors (Lipinski definition) is 1. The van der Waals surface area contributed by atoms with Gasteiger partial charge in [-0.3, -0.25) is 14.9 Å². The molecule has 1 unspecified atom stereocenters. The van der Waals surface area contributed by atoms with Gasteiger partial charge in [-0.15, -0.1) is 33.3 Å². The minimum absolute atomic E-state index is 0.0253. The molecule has 3 aliphatic rings. The molecular formula is C23H18N6S2.